The Labute approximate surface area is 149 Å². The summed E-state index contributed by atoms with van der Waals surface area (Å²) in [5.41, 5.74) is 1.41. The lowest BCUT2D eigenvalue weighted by Crippen LogP contribution is -2.16. The molecule has 1 atom stereocenters. The zero-order valence-corrected chi connectivity index (χ0v) is 14.4. The lowest BCUT2D eigenvalue weighted by Gasteiger charge is -2.21. The van der Waals surface area contributed by atoms with Crippen molar-refractivity contribution in [1.29, 1.82) is 0 Å². The minimum Gasteiger partial charge on any atom is -0.377 e. The summed E-state index contributed by atoms with van der Waals surface area (Å²) in [7, 11) is 0. The Kier molecular flexibility index (Phi) is 4.93. The molecule has 0 spiro atoms. The molecule has 3 nitrogen and oxygen atoms in total. The summed E-state index contributed by atoms with van der Waals surface area (Å²) in [6, 6.07) is 13.7. The molecule has 1 N–H and O–H groups in total. The van der Waals surface area contributed by atoms with Crippen LogP contribution in [-0.4, -0.2) is 9.97 Å². The number of anilines is 1. The molecule has 3 rings (SSSR count). The molecular weight excluding hydrogens is 339 g/mol. The number of nitrogens with one attached hydrogen (secondary N) is 1. The van der Waals surface area contributed by atoms with Crippen LogP contribution in [0.4, 0.5) is 18.9 Å². The van der Waals surface area contributed by atoms with Crippen LogP contribution >= 0.6 is 0 Å². The number of alkyl halides is 2. The molecule has 0 saturated heterocycles. The van der Waals surface area contributed by atoms with Crippen molar-refractivity contribution in [3.8, 4) is 11.3 Å². The van der Waals surface area contributed by atoms with E-state index >= 15 is 0 Å². The summed E-state index contributed by atoms with van der Waals surface area (Å²) >= 11 is 0. The SMILES string of the molecule is CC(Nc1ccc(-c2cncc(F)c2)nc1C(C)(F)F)c1ccccc1. The number of hydrogen-bond acceptors (Lipinski definition) is 3. The molecule has 0 saturated carbocycles. The van der Waals surface area contributed by atoms with E-state index in [0.717, 1.165) is 18.7 Å². The van der Waals surface area contributed by atoms with Crippen molar-refractivity contribution in [2.75, 3.05) is 5.32 Å². The molecule has 1 aromatic carbocycles. The molecular formula is C20H18F3N3. The molecule has 0 fully saturated rings. The number of pyridine rings is 2. The second-order valence-corrected chi connectivity index (χ2v) is 6.15. The van der Waals surface area contributed by atoms with Crippen molar-refractivity contribution in [3.63, 3.8) is 0 Å². The van der Waals surface area contributed by atoms with Gasteiger partial charge in [0.2, 0.25) is 0 Å². The van der Waals surface area contributed by atoms with Gasteiger partial charge in [-0.05, 0) is 30.7 Å². The van der Waals surface area contributed by atoms with Crippen LogP contribution in [0.15, 0.2) is 60.9 Å². The molecule has 6 heteroatoms. The molecule has 26 heavy (non-hydrogen) atoms. The third kappa shape index (κ3) is 4.02. The predicted octanol–water partition coefficient (Wildman–Crippen LogP) is 5.57. The molecule has 0 aliphatic rings. The lowest BCUT2D eigenvalue weighted by atomic mass is 10.1. The summed E-state index contributed by atoms with van der Waals surface area (Å²) in [6.45, 7) is 2.68. The summed E-state index contributed by atoms with van der Waals surface area (Å²) in [4.78, 5) is 7.83. The van der Waals surface area contributed by atoms with Crippen LogP contribution < -0.4 is 5.32 Å². The van der Waals surface area contributed by atoms with Crippen molar-refractivity contribution < 1.29 is 13.2 Å². The number of nitrogens with zero attached hydrogens (tertiary/aromatic N) is 2. The first-order valence-corrected chi connectivity index (χ1v) is 8.16. The monoisotopic (exact) mass is 357 g/mol. The first-order chi connectivity index (χ1) is 12.3. The van der Waals surface area contributed by atoms with Crippen LogP contribution in [0.2, 0.25) is 0 Å². The van der Waals surface area contributed by atoms with Crippen LogP contribution in [0, 0.1) is 5.82 Å². The first-order valence-electron chi connectivity index (χ1n) is 8.16. The molecule has 1 unspecified atom stereocenters. The van der Waals surface area contributed by atoms with E-state index in [1.54, 1.807) is 12.1 Å². The summed E-state index contributed by atoms with van der Waals surface area (Å²) < 4.78 is 41.7. The van der Waals surface area contributed by atoms with Gasteiger partial charge >= 0.3 is 0 Å². The normalized spacial score (nSPS) is 12.7. The number of aromatic nitrogens is 2. The van der Waals surface area contributed by atoms with Crippen LogP contribution in [0.3, 0.4) is 0 Å². The van der Waals surface area contributed by atoms with Crippen LogP contribution in [0.1, 0.15) is 31.1 Å². The van der Waals surface area contributed by atoms with Gasteiger partial charge in [-0.2, -0.15) is 8.78 Å². The molecule has 3 aromatic rings. The van der Waals surface area contributed by atoms with E-state index in [0.29, 0.717) is 5.56 Å². The number of halogens is 3. The van der Waals surface area contributed by atoms with E-state index in [9.17, 15) is 13.2 Å². The molecule has 2 aromatic heterocycles. The highest BCUT2D eigenvalue weighted by atomic mass is 19.3. The highest BCUT2D eigenvalue weighted by molar-refractivity contribution is 5.63. The molecule has 0 radical (unpaired) electrons. The maximum absolute atomic E-state index is 14.2. The van der Waals surface area contributed by atoms with Crippen molar-refractivity contribution in [3.05, 3.63) is 78.0 Å². The van der Waals surface area contributed by atoms with E-state index in [4.69, 9.17) is 0 Å². The smallest absolute Gasteiger partial charge is 0.289 e. The van der Waals surface area contributed by atoms with E-state index in [1.165, 1.54) is 12.3 Å². The van der Waals surface area contributed by atoms with Gasteiger partial charge in [0.1, 0.15) is 11.5 Å². The standard InChI is InChI=1S/C20H18F3N3/c1-13(14-6-4-3-5-7-14)25-18-9-8-17(26-19(18)20(2,22)23)15-10-16(21)12-24-11-15/h3-13,25H,1-2H3. The van der Waals surface area contributed by atoms with Gasteiger partial charge in [-0.1, -0.05) is 30.3 Å². The Morgan fingerprint density at radius 1 is 1.04 bits per heavy atom. The average molecular weight is 357 g/mol. The van der Waals surface area contributed by atoms with Gasteiger partial charge in [-0.3, -0.25) is 4.98 Å². The van der Waals surface area contributed by atoms with Gasteiger partial charge < -0.3 is 5.32 Å². The van der Waals surface area contributed by atoms with E-state index in [-0.39, 0.29) is 23.1 Å². The Bertz CT molecular complexity index is 892. The summed E-state index contributed by atoms with van der Waals surface area (Å²) in [6.07, 6.45) is 2.44. The van der Waals surface area contributed by atoms with Gasteiger partial charge in [-0.15, -0.1) is 0 Å². The van der Waals surface area contributed by atoms with Crippen LogP contribution in [0.25, 0.3) is 11.3 Å². The first kappa shape index (κ1) is 17.9. The zero-order chi connectivity index (χ0) is 18.7. The lowest BCUT2D eigenvalue weighted by molar-refractivity contribution is 0.0136. The molecule has 2 heterocycles. The molecule has 0 amide bonds. The van der Waals surface area contributed by atoms with E-state index in [2.05, 4.69) is 15.3 Å². The highest BCUT2D eigenvalue weighted by Crippen LogP contribution is 2.35. The fraction of sp³-hybridized carbons (Fsp3) is 0.200. The highest BCUT2D eigenvalue weighted by Gasteiger charge is 2.30. The van der Waals surface area contributed by atoms with Gasteiger partial charge in [-0.25, -0.2) is 9.37 Å². The number of hydrogen-bond donors (Lipinski definition) is 1. The zero-order valence-electron chi connectivity index (χ0n) is 14.4. The van der Waals surface area contributed by atoms with Gasteiger partial charge in [0.25, 0.3) is 5.92 Å². The van der Waals surface area contributed by atoms with Crippen molar-refractivity contribution in [2.45, 2.75) is 25.8 Å². The molecule has 0 aliphatic heterocycles. The fourth-order valence-electron chi connectivity index (χ4n) is 2.68. The van der Waals surface area contributed by atoms with E-state index in [1.807, 2.05) is 37.3 Å². The van der Waals surface area contributed by atoms with Crippen molar-refractivity contribution in [2.24, 2.45) is 0 Å². The number of benzene rings is 1. The second-order valence-electron chi connectivity index (χ2n) is 6.15. The van der Waals surface area contributed by atoms with Crippen molar-refractivity contribution in [1.82, 2.24) is 9.97 Å². The Morgan fingerprint density at radius 2 is 1.77 bits per heavy atom. The summed E-state index contributed by atoms with van der Waals surface area (Å²) in [5.74, 6) is -3.70. The fourth-order valence-corrected chi connectivity index (χ4v) is 2.68. The molecule has 134 valence electrons. The number of rotatable bonds is 5. The summed E-state index contributed by atoms with van der Waals surface area (Å²) in [5, 5.41) is 3.09. The Morgan fingerprint density at radius 3 is 2.42 bits per heavy atom. The Balaban J connectivity index is 1.98. The molecule has 0 bridgehead atoms. The van der Waals surface area contributed by atoms with Crippen LogP contribution in [-0.2, 0) is 5.92 Å². The predicted molar refractivity (Wildman–Crippen MR) is 95.5 cm³/mol. The van der Waals surface area contributed by atoms with E-state index < -0.39 is 11.7 Å². The third-order valence-corrected chi connectivity index (χ3v) is 3.98. The average Bonchev–Trinajstić information content (AvgIpc) is 2.62. The van der Waals surface area contributed by atoms with Gasteiger partial charge in [0, 0.05) is 24.7 Å². The maximum atomic E-state index is 14.2. The minimum atomic E-state index is -3.16. The van der Waals surface area contributed by atoms with Gasteiger partial charge in [0.15, 0.2) is 0 Å². The Hall–Kier alpha value is -2.89. The molecule has 0 aliphatic carbocycles. The van der Waals surface area contributed by atoms with Gasteiger partial charge in [0.05, 0.1) is 17.6 Å². The topological polar surface area (TPSA) is 37.8 Å². The maximum Gasteiger partial charge on any atom is 0.289 e. The largest absolute Gasteiger partial charge is 0.377 e. The second kappa shape index (κ2) is 7.15. The van der Waals surface area contributed by atoms with Crippen molar-refractivity contribution >= 4 is 5.69 Å². The quantitative estimate of drug-likeness (QED) is 0.649. The van der Waals surface area contributed by atoms with Crippen LogP contribution in [0.5, 0.6) is 0 Å². The minimum absolute atomic E-state index is 0.180. The third-order valence-electron chi connectivity index (χ3n) is 3.98.